The highest BCUT2D eigenvalue weighted by molar-refractivity contribution is 14.1. The van der Waals surface area contributed by atoms with Crippen LogP contribution in [0.4, 0.5) is 5.82 Å². The molecule has 1 aromatic heterocycles. The summed E-state index contributed by atoms with van der Waals surface area (Å²) >= 11 is 2.15. The molecule has 0 atom stereocenters. The van der Waals surface area contributed by atoms with Crippen LogP contribution in [0.25, 0.3) is 5.69 Å². The van der Waals surface area contributed by atoms with Crippen molar-refractivity contribution in [1.29, 1.82) is 0 Å². The van der Waals surface area contributed by atoms with Gasteiger partial charge in [-0.3, -0.25) is 0 Å². The zero-order valence-corrected chi connectivity index (χ0v) is 10.3. The summed E-state index contributed by atoms with van der Waals surface area (Å²) in [5.74, 6) is 1.47. The van der Waals surface area contributed by atoms with Gasteiger partial charge in [0.25, 0.3) is 0 Å². The Hall–Kier alpha value is -1.24. The minimum absolute atomic E-state index is 0.653. The van der Waals surface area contributed by atoms with Crippen LogP contribution in [0.1, 0.15) is 0 Å². The highest BCUT2D eigenvalue weighted by Crippen LogP contribution is 2.20. The molecule has 5 heteroatoms. The van der Waals surface area contributed by atoms with Gasteiger partial charge in [-0.15, -0.1) is 0 Å². The quantitative estimate of drug-likeness (QED) is 0.863. The zero-order chi connectivity index (χ0) is 10.8. The summed E-state index contributed by atoms with van der Waals surface area (Å²) in [6, 6.07) is 7.59. The molecule has 0 aliphatic heterocycles. The molecule has 0 aliphatic rings. The van der Waals surface area contributed by atoms with Crippen LogP contribution in [-0.4, -0.2) is 16.9 Å². The minimum atomic E-state index is 0.653. The molecule has 0 bridgehead atoms. The fourth-order valence-electron chi connectivity index (χ4n) is 1.27. The van der Waals surface area contributed by atoms with E-state index in [4.69, 9.17) is 10.5 Å². The molecule has 2 aromatic rings. The first-order valence-electron chi connectivity index (χ1n) is 4.36. The van der Waals surface area contributed by atoms with E-state index in [1.54, 1.807) is 18.0 Å². The summed E-state index contributed by atoms with van der Waals surface area (Å²) in [5, 5.41) is 4.18. The van der Waals surface area contributed by atoms with E-state index in [1.807, 2.05) is 24.3 Å². The molecular weight excluding hydrogens is 305 g/mol. The number of aromatic nitrogens is 2. The topological polar surface area (TPSA) is 53.1 Å². The van der Waals surface area contributed by atoms with E-state index in [2.05, 4.69) is 27.7 Å². The maximum absolute atomic E-state index is 5.87. The van der Waals surface area contributed by atoms with E-state index >= 15 is 0 Å². The van der Waals surface area contributed by atoms with Crippen LogP contribution in [0.15, 0.2) is 30.5 Å². The van der Waals surface area contributed by atoms with Crippen LogP contribution in [0.2, 0.25) is 0 Å². The van der Waals surface area contributed by atoms with E-state index in [1.165, 1.54) is 0 Å². The normalized spacial score (nSPS) is 10.3. The predicted molar refractivity (Wildman–Crippen MR) is 67.2 cm³/mol. The molecule has 1 heterocycles. The molecule has 2 rings (SSSR count). The third-order valence-electron chi connectivity index (χ3n) is 2.08. The van der Waals surface area contributed by atoms with Gasteiger partial charge in [0.05, 0.1) is 22.6 Å². The monoisotopic (exact) mass is 315 g/mol. The van der Waals surface area contributed by atoms with Gasteiger partial charge < -0.3 is 10.5 Å². The smallest absolute Gasteiger partial charge is 0.140 e. The summed E-state index contributed by atoms with van der Waals surface area (Å²) < 4.78 is 7.72. The lowest BCUT2D eigenvalue weighted by atomic mass is 10.3. The number of nitrogens with two attached hydrogens (primary N) is 1. The van der Waals surface area contributed by atoms with Gasteiger partial charge in [0.2, 0.25) is 0 Å². The molecule has 0 fully saturated rings. The Kier molecular flexibility index (Phi) is 2.81. The summed E-state index contributed by atoms with van der Waals surface area (Å²) in [7, 11) is 1.64. The fraction of sp³-hybridized carbons (Fsp3) is 0.100. The van der Waals surface area contributed by atoms with Gasteiger partial charge in [-0.2, -0.15) is 5.10 Å². The molecule has 78 valence electrons. The van der Waals surface area contributed by atoms with Crippen LogP contribution in [0.3, 0.4) is 0 Å². The summed E-state index contributed by atoms with van der Waals surface area (Å²) in [5.41, 5.74) is 6.79. The molecule has 0 radical (unpaired) electrons. The summed E-state index contributed by atoms with van der Waals surface area (Å²) in [4.78, 5) is 0. The van der Waals surface area contributed by atoms with E-state index in [0.29, 0.717) is 5.82 Å². The van der Waals surface area contributed by atoms with Crippen LogP contribution in [0.5, 0.6) is 5.75 Å². The predicted octanol–water partition coefficient (Wildman–Crippen LogP) is 2.07. The van der Waals surface area contributed by atoms with Crippen molar-refractivity contribution in [2.45, 2.75) is 0 Å². The first kappa shape index (κ1) is 10.3. The Morgan fingerprint density at radius 3 is 2.47 bits per heavy atom. The van der Waals surface area contributed by atoms with Crippen molar-refractivity contribution >= 4 is 28.4 Å². The second-order valence-corrected chi connectivity index (χ2v) is 4.15. The first-order valence-corrected chi connectivity index (χ1v) is 5.43. The Morgan fingerprint density at radius 2 is 2.00 bits per heavy atom. The lowest BCUT2D eigenvalue weighted by molar-refractivity contribution is 0.414. The SMILES string of the molecule is COc1ccc(-n2ncc(I)c2N)cc1. The number of methoxy groups -OCH3 is 1. The number of halogens is 1. The molecule has 0 amide bonds. The van der Waals surface area contributed by atoms with E-state index in [-0.39, 0.29) is 0 Å². The Balaban J connectivity index is 2.41. The second kappa shape index (κ2) is 4.09. The van der Waals surface area contributed by atoms with Gasteiger partial charge in [0, 0.05) is 0 Å². The van der Waals surface area contributed by atoms with Gasteiger partial charge in [-0.05, 0) is 46.9 Å². The number of hydrogen-bond donors (Lipinski definition) is 1. The largest absolute Gasteiger partial charge is 0.497 e. The fourth-order valence-corrected chi connectivity index (χ4v) is 1.62. The number of ether oxygens (including phenoxy) is 1. The van der Waals surface area contributed by atoms with Gasteiger partial charge in [0.15, 0.2) is 0 Å². The third kappa shape index (κ3) is 1.92. The number of hydrogen-bond acceptors (Lipinski definition) is 3. The molecule has 0 saturated heterocycles. The first-order chi connectivity index (χ1) is 7.22. The average molecular weight is 315 g/mol. The van der Waals surface area contributed by atoms with Crippen LogP contribution >= 0.6 is 22.6 Å². The average Bonchev–Trinajstić information content (AvgIpc) is 2.60. The number of benzene rings is 1. The van der Waals surface area contributed by atoms with Crippen molar-refractivity contribution in [3.63, 3.8) is 0 Å². The van der Waals surface area contributed by atoms with Crippen molar-refractivity contribution in [1.82, 2.24) is 9.78 Å². The highest BCUT2D eigenvalue weighted by Gasteiger charge is 2.05. The molecule has 0 saturated carbocycles. The minimum Gasteiger partial charge on any atom is -0.497 e. The molecule has 15 heavy (non-hydrogen) atoms. The van der Waals surface area contributed by atoms with E-state index in [0.717, 1.165) is 15.0 Å². The second-order valence-electron chi connectivity index (χ2n) is 2.99. The maximum atomic E-state index is 5.87. The van der Waals surface area contributed by atoms with Gasteiger partial charge in [0.1, 0.15) is 11.6 Å². The molecule has 0 spiro atoms. The zero-order valence-electron chi connectivity index (χ0n) is 8.14. The van der Waals surface area contributed by atoms with Crippen molar-refractivity contribution in [2.75, 3.05) is 12.8 Å². The van der Waals surface area contributed by atoms with Crippen molar-refractivity contribution < 1.29 is 4.74 Å². The molecular formula is C10H10IN3O. The van der Waals surface area contributed by atoms with Crippen molar-refractivity contribution in [3.8, 4) is 11.4 Å². The third-order valence-corrected chi connectivity index (χ3v) is 2.91. The van der Waals surface area contributed by atoms with Crippen molar-refractivity contribution in [3.05, 3.63) is 34.0 Å². The van der Waals surface area contributed by atoms with E-state index < -0.39 is 0 Å². The lowest BCUT2D eigenvalue weighted by Gasteiger charge is -2.05. The van der Waals surface area contributed by atoms with Crippen LogP contribution in [-0.2, 0) is 0 Å². The van der Waals surface area contributed by atoms with Crippen LogP contribution in [0, 0.1) is 3.57 Å². The standard InChI is InChI=1S/C10H10IN3O/c1-15-8-4-2-7(3-5-8)14-10(12)9(11)6-13-14/h2-6H,12H2,1H3. The highest BCUT2D eigenvalue weighted by atomic mass is 127. The lowest BCUT2D eigenvalue weighted by Crippen LogP contribution is -2.02. The molecule has 0 unspecified atom stereocenters. The number of nitrogens with zero attached hydrogens (tertiary/aromatic N) is 2. The Morgan fingerprint density at radius 1 is 1.33 bits per heavy atom. The summed E-state index contributed by atoms with van der Waals surface area (Å²) in [6.07, 6.45) is 1.74. The number of anilines is 1. The Bertz CT molecular complexity index is 464. The number of rotatable bonds is 2. The summed E-state index contributed by atoms with van der Waals surface area (Å²) in [6.45, 7) is 0. The molecule has 4 nitrogen and oxygen atoms in total. The van der Waals surface area contributed by atoms with Crippen molar-refractivity contribution in [2.24, 2.45) is 0 Å². The van der Waals surface area contributed by atoms with E-state index in [9.17, 15) is 0 Å². The molecule has 0 aliphatic carbocycles. The van der Waals surface area contributed by atoms with Gasteiger partial charge in [-0.25, -0.2) is 4.68 Å². The van der Waals surface area contributed by atoms with Crippen LogP contribution < -0.4 is 10.5 Å². The molecule has 1 aromatic carbocycles. The van der Waals surface area contributed by atoms with Gasteiger partial charge >= 0.3 is 0 Å². The molecule has 2 N–H and O–H groups in total. The number of nitrogen functional groups attached to an aromatic ring is 1. The maximum Gasteiger partial charge on any atom is 0.140 e. The van der Waals surface area contributed by atoms with Gasteiger partial charge in [-0.1, -0.05) is 0 Å². The Labute approximate surface area is 101 Å².